The Kier molecular flexibility index (Phi) is 2.23. The van der Waals surface area contributed by atoms with Gasteiger partial charge in [0, 0.05) is 5.69 Å². The molecule has 0 saturated carbocycles. The predicted molar refractivity (Wildman–Crippen MR) is 63.7 cm³/mol. The fraction of sp³-hybridized carbons (Fsp3) is 0.273. The molecule has 0 spiro atoms. The number of rotatable bonds is 1. The van der Waals surface area contributed by atoms with Gasteiger partial charge in [-0.05, 0) is 38.2 Å². The van der Waals surface area contributed by atoms with E-state index in [1.54, 1.807) is 0 Å². The highest BCUT2D eigenvalue weighted by atomic mass is 32.1. The van der Waals surface area contributed by atoms with Gasteiger partial charge in [-0.15, -0.1) is 0 Å². The Morgan fingerprint density at radius 2 is 1.87 bits per heavy atom. The Labute approximate surface area is 94.1 Å². The summed E-state index contributed by atoms with van der Waals surface area (Å²) in [6, 6.07) is 9.67. The number of hydrogen-bond acceptors (Lipinski definition) is 2. The minimum Gasteiger partial charge on any atom is -0.304 e. The van der Waals surface area contributed by atoms with Crippen LogP contribution >= 0.6 is 12.2 Å². The average Bonchev–Trinajstić information content (AvgIpc) is 2.37. The van der Waals surface area contributed by atoms with E-state index in [0.29, 0.717) is 5.11 Å². The third-order valence-electron chi connectivity index (χ3n) is 2.55. The summed E-state index contributed by atoms with van der Waals surface area (Å²) in [5.74, 6) is -0.0589. The zero-order valence-corrected chi connectivity index (χ0v) is 9.47. The molecule has 1 fully saturated rings. The molecular formula is C11H12N2OS. The number of nitrogens with zero attached hydrogens (tertiary/aromatic N) is 1. The molecule has 4 heteroatoms. The van der Waals surface area contributed by atoms with Crippen molar-refractivity contribution >= 4 is 28.9 Å². The van der Waals surface area contributed by atoms with Crippen LogP contribution in [0.2, 0.25) is 0 Å². The number of carbonyl (C=O) groups is 1. The van der Waals surface area contributed by atoms with Crippen LogP contribution in [0.1, 0.15) is 13.8 Å². The topological polar surface area (TPSA) is 32.3 Å². The van der Waals surface area contributed by atoms with E-state index in [0.717, 1.165) is 5.69 Å². The van der Waals surface area contributed by atoms with Crippen molar-refractivity contribution in [3.63, 3.8) is 0 Å². The maximum atomic E-state index is 11.6. The van der Waals surface area contributed by atoms with Gasteiger partial charge in [0.05, 0.1) is 0 Å². The van der Waals surface area contributed by atoms with Crippen molar-refractivity contribution in [3.8, 4) is 0 Å². The molecule has 1 saturated heterocycles. The van der Waals surface area contributed by atoms with Gasteiger partial charge in [0.15, 0.2) is 5.11 Å². The van der Waals surface area contributed by atoms with Crippen molar-refractivity contribution < 1.29 is 4.79 Å². The second kappa shape index (κ2) is 3.31. The lowest BCUT2D eigenvalue weighted by Crippen LogP contribution is -2.44. The maximum Gasteiger partial charge on any atom is 0.251 e. The van der Waals surface area contributed by atoms with Crippen molar-refractivity contribution in [3.05, 3.63) is 30.3 Å². The Hall–Kier alpha value is -1.42. The van der Waals surface area contributed by atoms with E-state index in [-0.39, 0.29) is 5.91 Å². The van der Waals surface area contributed by atoms with Gasteiger partial charge in [-0.2, -0.15) is 0 Å². The molecule has 0 aromatic heterocycles. The summed E-state index contributed by atoms with van der Waals surface area (Å²) in [5, 5.41) is 3.14. The van der Waals surface area contributed by atoms with Crippen molar-refractivity contribution in [1.82, 2.24) is 5.32 Å². The molecule has 1 amide bonds. The van der Waals surface area contributed by atoms with Crippen molar-refractivity contribution in [2.24, 2.45) is 0 Å². The number of anilines is 1. The van der Waals surface area contributed by atoms with E-state index >= 15 is 0 Å². The van der Waals surface area contributed by atoms with E-state index in [4.69, 9.17) is 12.2 Å². The fourth-order valence-corrected chi connectivity index (χ4v) is 2.10. The van der Waals surface area contributed by atoms with E-state index in [1.807, 2.05) is 49.1 Å². The van der Waals surface area contributed by atoms with Gasteiger partial charge in [0.1, 0.15) is 5.54 Å². The molecule has 1 heterocycles. The highest BCUT2D eigenvalue weighted by molar-refractivity contribution is 7.80. The van der Waals surface area contributed by atoms with Gasteiger partial charge in [0.25, 0.3) is 5.91 Å². The molecule has 2 rings (SSSR count). The number of hydrogen-bond donors (Lipinski definition) is 1. The molecular weight excluding hydrogens is 208 g/mol. The zero-order valence-electron chi connectivity index (χ0n) is 8.65. The smallest absolute Gasteiger partial charge is 0.251 e. The maximum absolute atomic E-state index is 11.6. The second-order valence-electron chi connectivity index (χ2n) is 3.99. The van der Waals surface area contributed by atoms with Crippen LogP contribution in [-0.4, -0.2) is 16.6 Å². The number of amides is 1. The highest BCUT2D eigenvalue weighted by Crippen LogP contribution is 2.28. The average molecular weight is 220 g/mol. The van der Waals surface area contributed by atoms with E-state index in [2.05, 4.69) is 5.32 Å². The molecule has 0 atom stereocenters. The van der Waals surface area contributed by atoms with Crippen LogP contribution in [0.15, 0.2) is 30.3 Å². The van der Waals surface area contributed by atoms with Crippen molar-refractivity contribution in [2.45, 2.75) is 19.4 Å². The normalized spacial score (nSPS) is 19.2. The van der Waals surface area contributed by atoms with Crippen molar-refractivity contribution in [2.75, 3.05) is 4.90 Å². The Bertz CT molecular complexity index is 414. The van der Waals surface area contributed by atoms with Gasteiger partial charge in [-0.1, -0.05) is 18.2 Å². The molecule has 15 heavy (non-hydrogen) atoms. The largest absolute Gasteiger partial charge is 0.304 e. The van der Waals surface area contributed by atoms with E-state index in [9.17, 15) is 4.79 Å². The molecule has 3 nitrogen and oxygen atoms in total. The molecule has 0 unspecified atom stereocenters. The van der Waals surface area contributed by atoms with Gasteiger partial charge >= 0.3 is 0 Å². The van der Waals surface area contributed by atoms with Gasteiger partial charge in [-0.3, -0.25) is 4.79 Å². The van der Waals surface area contributed by atoms with Gasteiger partial charge < -0.3 is 10.2 Å². The summed E-state index contributed by atoms with van der Waals surface area (Å²) in [4.78, 5) is 13.5. The predicted octanol–water partition coefficient (Wildman–Crippen LogP) is 1.69. The number of benzene rings is 1. The third-order valence-corrected chi connectivity index (χ3v) is 2.84. The van der Waals surface area contributed by atoms with E-state index in [1.165, 1.54) is 0 Å². The molecule has 1 aromatic carbocycles. The SMILES string of the molecule is CC1(C)C(=O)NC(=S)N1c1ccccc1. The summed E-state index contributed by atoms with van der Waals surface area (Å²) in [7, 11) is 0. The molecule has 1 N–H and O–H groups in total. The summed E-state index contributed by atoms with van der Waals surface area (Å²) in [5.41, 5.74) is 0.323. The van der Waals surface area contributed by atoms with Crippen LogP contribution in [0.3, 0.4) is 0 Å². The standard InChI is InChI=1S/C11H12N2OS/c1-11(2)9(14)12-10(15)13(11)8-6-4-3-5-7-8/h3-7H,1-2H3,(H,12,14,15). The Morgan fingerprint density at radius 1 is 1.27 bits per heavy atom. The highest BCUT2D eigenvalue weighted by Gasteiger charge is 2.43. The van der Waals surface area contributed by atoms with Crippen molar-refractivity contribution in [1.29, 1.82) is 0 Å². The summed E-state index contributed by atoms with van der Waals surface area (Å²) in [6.07, 6.45) is 0. The van der Waals surface area contributed by atoms with Crippen LogP contribution in [0.4, 0.5) is 5.69 Å². The fourth-order valence-electron chi connectivity index (χ4n) is 1.68. The molecule has 0 bridgehead atoms. The number of nitrogens with one attached hydrogen (secondary N) is 1. The molecule has 1 aliphatic rings. The van der Waals surface area contributed by atoms with Crippen LogP contribution in [0, 0.1) is 0 Å². The van der Waals surface area contributed by atoms with Crippen LogP contribution < -0.4 is 10.2 Å². The lowest BCUT2D eigenvalue weighted by Gasteiger charge is -2.29. The first kappa shape index (κ1) is 10.1. The summed E-state index contributed by atoms with van der Waals surface area (Å²) in [6.45, 7) is 3.71. The number of thiocarbonyl (C=S) groups is 1. The second-order valence-corrected chi connectivity index (χ2v) is 4.38. The lowest BCUT2D eigenvalue weighted by atomic mass is 10.0. The molecule has 0 aliphatic carbocycles. The summed E-state index contributed by atoms with van der Waals surface area (Å²) < 4.78 is 0. The first-order valence-electron chi connectivity index (χ1n) is 4.74. The molecule has 78 valence electrons. The Balaban J connectivity index is 2.45. The van der Waals surface area contributed by atoms with Gasteiger partial charge in [-0.25, -0.2) is 0 Å². The third kappa shape index (κ3) is 1.51. The Morgan fingerprint density at radius 3 is 2.33 bits per heavy atom. The lowest BCUT2D eigenvalue weighted by molar-refractivity contribution is -0.122. The quantitative estimate of drug-likeness (QED) is 0.731. The van der Waals surface area contributed by atoms with Crippen LogP contribution in [-0.2, 0) is 4.79 Å². The number of carbonyl (C=O) groups excluding carboxylic acids is 1. The first-order chi connectivity index (χ1) is 7.03. The van der Waals surface area contributed by atoms with E-state index < -0.39 is 5.54 Å². The van der Waals surface area contributed by atoms with Gasteiger partial charge in [0.2, 0.25) is 0 Å². The molecule has 0 radical (unpaired) electrons. The van der Waals surface area contributed by atoms with Crippen LogP contribution in [0.5, 0.6) is 0 Å². The minimum absolute atomic E-state index is 0.0589. The summed E-state index contributed by atoms with van der Waals surface area (Å²) >= 11 is 5.14. The first-order valence-corrected chi connectivity index (χ1v) is 5.15. The number of para-hydroxylation sites is 1. The monoisotopic (exact) mass is 220 g/mol. The minimum atomic E-state index is -0.613. The molecule has 1 aromatic rings. The molecule has 1 aliphatic heterocycles. The van der Waals surface area contributed by atoms with Crippen LogP contribution in [0.25, 0.3) is 0 Å². The zero-order chi connectivity index (χ0) is 11.1.